The molecule has 0 aliphatic rings. The Labute approximate surface area is 114 Å². The van der Waals surface area contributed by atoms with Gasteiger partial charge in [0.25, 0.3) is 0 Å². The zero-order valence-corrected chi connectivity index (χ0v) is 12.3. The molecule has 0 radical (unpaired) electrons. The summed E-state index contributed by atoms with van der Waals surface area (Å²) in [6, 6.07) is 4.94. The normalized spacial score (nSPS) is 11.8. The first kappa shape index (κ1) is 15.7. The lowest BCUT2D eigenvalue weighted by molar-refractivity contribution is 0.198. The van der Waals surface area contributed by atoms with Gasteiger partial charge in [-0.15, -0.1) is 0 Å². The number of methoxy groups -OCH3 is 1. The molecule has 108 valence electrons. The van der Waals surface area contributed by atoms with Crippen LogP contribution in [0.2, 0.25) is 0 Å². The van der Waals surface area contributed by atoms with E-state index in [2.05, 4.69) is 5.32 Å². The van der Waals surface area contributed by atoms with Crippen LogP contribution in [-0.4, -0.2) is 47.1 Å². The molecule has 0 atom stereocenters. The third-order valence-electron chi connectivity index (χ3n) is 2.67. The first-order chi connectivity index (χ1) is 8.91. The predicted molar refractivity (Wildman–Crippen MR) is 76.7 cm³/mol. The number of hydrogen-bond donors (Lipinski definition) is 2. The zero-order valence-electron chi connectivity index (χ0n) is 11.5. The number of ether oxygens (including phenoxy) is 1. The topological polar surface area (TPSA) is 84.7 Å². The van der Waals surface area contributed by atoms with E-state index in [9.17, 15) is 8.42 Å². The minimum atomic E-state index is -3.52. The Bertz CT molecular complexity index is 515. The molecule has 1 aromatic carbocycles. The zero-order chi connectivity index (χ0) is 14.5. The Morgan fingerprint density at radius 2 is 2.05 bits per heavy atom. The van der Waals surface area contributed by atoms with Crippen LogP contribution in [0, 0.1) is 0 Å². The number of anilines is 2. The maximum absolute atomic E-state index is 12.1. The fourth-order valence-electron chi connectivity index (χ4n) is 1.56. The summed E-state index contributed by atoms with van der Waals surface area (Å²) < 4.78 is 30.3. The smallest absolute Gasteiger partial charge is 0.244 e. The average Bonchev–Trinajstić information content (AvgIpc) is 2.36. The van der Waals surface area contributed by atoms with Gasteiger partial charge in [0.2, 0.25) is 10.0 Å². The third-order valence-corrected chi connectivity index (χ3v) is 4.54. The van der Waals surface area contributed by atoms with Crippen LogP contribution in [0.1, 0.15) is 6.42 Å². The average molecular weight is 287 g/mol. The predicted octanol–water partition coefficient (Wildman–Crippen LogP) is 0.968. The number of hydrogen-bond acceptors (Lipinski definition) is 5. The SMILES string of the molecule is COCCCNc1cccc(S(=O)(=O)N(C)C)c1N. The Morgan fingerprint density at radius 3 is 2.63 bits per heavy atom. The Morgan fingerprint density at radius 1 is 1.37 bits per heavy atom. The minimum Gasteiger partial charge on any atom is -0.396 e. The van der Waals surface area contributed by atoms with Crippen molar-refractivity contribution in [1.29, 1.82) is 0 Å². The highest BCUT2D eigenvalue weighted by atomic mass is 32.2. The van der Waals surface area contributed by atoms with Gasteiger partial charge in [0.1, 0.15) is 4.90 Å². The molecule has 0 aliphatic carbocycles. The molecule has 0 spiro atoms. The highest BCUT2D eigenvalue weighted by Crippen LogP contribution is 2.28. The fraction of sp³-hybridized carbons (Fsp3) is 0.500. The van der Waals surface area contributed by atoms with E-state index in [1.165, 1.54) is 20.2 Å². The number of sulfonamides is 1. The summed E-state index contributed by atoms with van der Waals surface area (Å²) in [5, 5.41) is 3.11. The van der Waals surface area contributed by atoms with E-state index in [-0.39, 0.29) is 10.6 Å². The lowest BCUT2D eigenvalue weighted by Gasteiger charge is -2.16. The van der Waals surface area contributed by atoms with E-state index in [1.807, 2.05) is 0 Å². The van der Waals surface area contributed by atoms with Gasteiger partial charge in [-0.25, -0.2) is 12.7 Å². The van der Waals surface area contributed by atoms with Gasteiger partial charge in [0.05, 0.1) is 11.4 Å². The molecule has 3 N–H and O–H groups in total. The van der Waals surface area contributed by atoms with Crippen molar-refractivity contribution in [3.63, 3.8) is 0 Å². The van der Waals surface area contributed by atoms with Crippen LogP contribution in [0.5, 0.6) is 0 Å². The number of nitrogens with zero attached hydrogens (tertiary/aromatic N) is 1. The van der Waals surface area contributed by atoms with Gasteiger partial charge in [-0.1, -0.05) is 6.07 Å². The standard InChI is InChI=1S/C12H21N3O3S/c1-15(2)19(16,17)11-7-4-6-10(12(11)13)14-8-5-9-18-3/h4,6-7,14H,5,8-9,13H2,1-3H3. The number of nitrogens with two attached hydrogens (primary N) is 1. The number of nitrogen functional groups attached to an aromatic ring is 1. The Kier molecular flexibility index (Phi) is 5.59. The monoisotopic (exact) mass is 287 g/mol. The Balaban J connectivity index is 2.93. The highest BCUT2D eigenvalue weighted by Gasteiger charge is 2.21. The summed E-state index contributed by atoms with van der Waals surface area (Å²) in [5.74, 6) is 0. The van der Waals surface area contributed by atoms with E-state index in [0.29, 0.717) is 18.8 Å². The molecule has 0 fully saturated rings. The molecule has 7 heteroatoms. The quantitative estimate of drug-likeness (QED) is 0.576. The second-order valence-corrected chi connectivity index (χ2v) is 6.40. The van der Waals surface area contributed by atoms with Crippen molar-refractivity contribution in [1.82, 2.24) is 4.31 Å². The van der Waals surface area contributed by atoms with E-state index in [1.54, 1.807) is 19.2 Å². The van der Waals surface area contributed by atoms with Gasteiger partial charge in [-0.05, 0) is 18.6 Å². The van der Waals surface area contributed by atoms with E-state index in [0.717, 1.165) is 10.7 Å². The van der Waals surface area contributed by atoms with Gasteiger partial charge in [0, 0.05) is 34.4 Å². The lowest BCUT2D eigenvalue weighted by Crippen LogP contribution is -2.23. The van der Waals surface area contributed by atoms with Gasteiger partial charge in [0.15, 0.2) is 0 Å². The lowest BCUT2D eigenvalue weighted by atomic mass is 10.2. The molecule has 19 heavy (non-hydrogen) atoms. The molecule has 6 nitrogen and oxygen atoms in total. The van der Waals surface area contributed by atoms with E-state index in [4.69, 9.17) is 10.5 Å². The van der Waals surface area contributed by atoms with E-state index >= 15 is 0 Å². The van der Waals surface area contributed by atoms with Gasteiger partial charge in [-0.2, -0.15) is 0 Å². The summed E-state index contributed by atoms with van der Waals surface area (Å²) in [5.41, 5.74) is 6.79. The molecule has 0 bridgehead atoms. The molecule has 0 saturated carbocycles. The first-order valence-electron chi connectivity index (χ1n) is 5.95. The van der Waals surface area contributed by atoms with E-state index < -0.39 is 10.0 Å². The minimum absolute atomic E-state index is 0.120. The van der Waals surface area contributed by atoms with Crippen molar-refractivity contribution in [3.05, 3.63) is 18.2 Å². The second kappa shape index (κ2) is 6.74. The molecule has 1 rings (SSSR count). The summed E-state index contributed by atoms with van der Waals surface area (Å²) in [6.45, 7) is 1.31. The van der Waals surface area contributed by atoms with Crippen LogP contribution < -0.4 is 11.1 Å². The van der Waals surface area contributed by atoms with Crippen molar-refractivity contribution in [2.75, 3.05) is 45.4 Å². The van der Waals surface area contributed by atoms with Crippen molar-refractivity contribution in [2.24, 2.45) is 0 Å². The molecule has 0 aliphatic heterocycles. The van der Waals surface area contributed by atoms with Crippen molar-refractivity contribution in [2.45, 2.75) is 11.3 Å². The number of benzene rings is 1. The largest absolute Gasteiger partial charge is 0.396 e. The molecular weight excluding hydrogens is 266 g/mol. The van der Waals surface area contributed by atoms with Gasteiger partial charge < -0.3 is 15.8 Å². The maximum Gasteiger partial charge on any atom is 0.244 e. The first-order valence-corrected chi connectivity index (χ1v) is 7.39. The van der Waals surface area contributed by atoms with Crippen LogP contribution in [0.3, 0.4) is 0 Å². The number of nitrogens with one attached hydrogen (secondary N) is 1. The van der Waals surface area contributed by atoms with Crippen molar-refractivity contribution < 1.29 is 13.2 Å². The Hall–Kier alpha value is -1.31. The van der Waals surface area contributed by atoms with Gasteiger partial charge in [-0.3, -0.25) is 0 Å². The molecule has 0 saturated heterocycles. The highest BCUT2D eigenvalue weighted by molar-refractivity contribution is 7.89. The molecule has 0 aromatic heterocycles. The van der Waals surface area contributed by atoms with Crippen LogP contribution in [0.15, 0.2) is 23.1 Å². The molecule has 1 aromatic rings. The number of rotatable bonds is 7. The molecule has 0 amide bonds. The number of para-hydroxylation sites is 1. The fourth-order valence-corrected chi connectivity index (χ4v) is 2.59. The van der Waals surface area contributed by atoms with Crippen LogP contribution in [-0.2, 0) is 14.8 Å². The molecule has 0 unspecified atom stereocenters. The molecule has 0 heterocycles. The summed E-state index contributed by atoms with van der Waals surface area (Å²) >= 11 is 0. The maximum atomic E-state index is 12.1. The molecular formula is C12H21N3O3S. The van der Waals surface area contributed by atoms with Crippen LogP contribution in [0.4, 0.5) is 11.4 Å². The summed E-state index contributed by atoms with van der Waals surface area (Å²) in [6.07, 6.45) is 0.820. The van der Waals surface area contributed by atoms with Crippen molar-refractivity contribution >= 4 is 21.4 Å². The summed E-state index contributed by atoms with van der Waals surface area (Å²) in [4.78, 5) is 0.120. The van der Waals surface area contributed by atoms with Crippen molar-refractivity contribution in [3.8, 4) is 0 Å². The summed E-state index contributed by atoms with van der Waals surface area (Å²) in [7, 11) is 1.08. The second-order valence-electron chi connectivity index (χ2n) is 4.28. The van der Waals surface area contributed by atoms with Crippen LogP contribution in [0.25, 0.3) is 0 Å². The van der Waals surface area contributed by atoms with Gasteiger partial charge >= 0.3 is 0 Å². The third kappa shape index (κ3) is 3.82. The van der Waals surface area contributed by atoms with Crippen LogP contribution >= 0.6 is 0 Å².